The summed E-state index contributed by atoms with van der Waals surface area (Å²) >= 11 is 0. The van der Waals surface area contributed by atoms with Crippen LogP contribution >= 0.6 is 0 Å². The molecule has 0 saturated carbocycles. The molecule has 3 nitrogen and oxygen atoms in total. The second-order valence-electron chi connectivity index (χ2n) is 5.45. The molecule has 1 N–H and O–H groups in total. The first kappa shape index (κ1) is 14.3. The molecule has 19 heavy (non-hydrogen) atoms. The fraction of sp³-hybridized carbons (Fsp3) is 0.688. The average molecular weight is 261 g/mol. The fourth-order valence-corrected chi connectivity index (χ4v) is 2.83. The summed E-state index contributed by atoms with van der Waals surface area (Å²) in [5, 5.41) is 3.42. The van der Waals surface area contributed by atoms with Gasteiger partial charge in [0.05, 0.1) is 0 Å². The molecule has 0 amide bonds. The van der Waals surface area contributed by atoms with Gasteiger partial charge in [0.2, 0.25) is 0 Å². The predicted octanol–water partition coefficient (Wildman–Crippen LogP) is 3.35. The van der Waals surface area contributed by atoms with E-state index in [0.717, 1.165) is 18.9 Å². The Morgan fingerprint density at radius 1 is 1.32 bits per heavy atom. The molecule has 0 radical (unpaired) electrons. The molecule has 1 aliphatic rings. The van der Waals surface area contributed by atoms with Gasteiger partial charge in [-0.3, -0.25) is 0 Å². The van der Waals surface area contributed by atoms with Crippen LogP contribution in [-0.4, -0.2) is 24.1 Å². The number of aromatic nitrogens is 1. The molecule has 106 valence electrons. The molecule has 0 bridgehead atoms. The van der Waals surface area contributed by atoms with Crippen LogP contribution in [0.4, 0.5) is 5.82 Å². The van der Waals surface area contributed by atoms with E-state index in [9.17, 15) is 0 Å². The average Bonchev–Trinajstić information content (AvgIpc) is 2.48. The van der Waals surface area contributed by atoms with Gasteiger partial charge in [0, 0.05) is 25.3 Å². The van der Waals surface area contributed by atoms with E-state index in [2.05, 4.69) is 41.2 Å². The molecule has 0 aliphatic carbocycles. The number of pyridine rings is 1. The second-order valence-corrected chi connectivity index (χ2v) is 5.45. The van der Waals surface area contributed by atoms with Gasteiger partial charge in [-0.15, -0.1) is 0 Å². The van der Waals surface area contributed by atoms with Crippen molar-refractivity contribution in [1.82, 2.24) is 10.3 Å². The Morgan fingerprint density at radius 2 is 2.21 bits per heavy atom. The molecular weight excluding hydrogens is 234 g/mol. The van der Waals surface area contributed by atoms with Crippen LogP contribution in [0.1, 0.15) is 51.5 Å². The third-order valence-electron chi connectivity index (χ3n) is 3.96. The van der Waals surface area contributed by atoms with Gasteiger partial charge in [0.1, 0.15) is 5.82 Å². The van der Waals surface area contributed by atoms with E-state index in [1.165, 1.54) is 44.2 Å². The molecule has 2 heterocycles. The minimum absolute atomic E-state index is 0.685. The van der Waals surface area contributed by atoms with Gasteiger partial charge < -0.3 is 10.2 Å². The maximum atomic E-state index is 4.67. The van der Waals surface area contributed by atoms with Crippen LogP contribution in [0.25, 0.3) is 0 Å². The number of anilines is 1. The zero-order valence-electron chi connectivity index (χ0n) is 12.4. The largest absolute Gasteiger partial charge is 0.354 e. The number of nitrogens with zero attached hydrogens (tertiary/aromatic N) is 2. The summed E-state index contributed by atoms with van der Waals surface area (Å²) in [6.07, 6.45) is 8.42. The standard InChI is InChI=1S/C16H27N3/c1-3-10-17-12-14-8-9-16(18-13-14)19-11-6-5-7-15(19)4-2/h8-9,13,15,17H,3-7,10-12H2,1-2H3. The van der Waals surface area contributed by atoms with E-state index in [4.69, 9.17) is 0 Å². The van der Waals surface area contributed by atoms with Crippen molar-refractivity contribution < 1.29 is 0 Å². The third kappa shape index (κ3) is 3.93. The SMILES string of the molecule is CCCNCc1ccc(N2CCCCC2CC)nc1. The lowest BCUT2D eigenvalue weighted by Crippen LogP contribution is -2.39. The lowest BCUT2D eigenvalue weighted by molar-refractivity contribution is 0.447. The Hall–Kier alpha value is -1.09. The Bertz CT molecular complexity index is 361. The van der Waals surface area contributed by atoms with Crippen molar-refractivity contribution in [2.24, 2.45) is 0 Å². The number of piperidine rings is 1. The monoisotopic (exact) mass is 261 g/mol. The Morgan fingerprint density at radius 3 is 2.89 bits per heavy atom. The molecular formula is C16H27N3. The van der Waals surface area contributed by atoms with Crippen LogP contribution in [0.15, 0.2) is 18.3 Å². The van der Waals surface area contributed by atoms with Gasteiger partial charge in [-0.25, -0.2) is 4.98 Å². The summed E-state index contributed by atoms with van der Waals surface area (Å²) in [4.78, 5) is 7.16. The Labute approximate surface area is 117 Å². The van der Waals surface area contributed by atoms with Crippen molar-refractivity contribution in [3.63, 3.8) is 0 Å². The maximum absolute atomic E-state index is 4.67. The van der Waals surface area contributed by atoms with Crippen LogP contribution in [0.5, 0.6) is 0 Å². The maximum Gasteiger partial charge on any atom is 0.128 e. The van der Waals surface area contributed by atoms with Crippen molar-refractivity contribution in [3.8, 4) is 0 Å². The van der Waals surface area contributed by atoms with E-state index in [1.54, 1.807) is 0 Å². The molecule has 1 saturated heterocycles. The van der Waals surface area contributed by atoms with Crippen LogP contribution in [0.3, 0.4) is 0 Å². The third-order valence-corrected chi connectivity index (χ3v) is 3.96. The predicted molar refractivity (Wildman–Crippen MR) is 81.5 cm³/mol. The first-order chi connectivity index (χ1) is 9.35. The van der Waals surface area contributed by atoms with Crippen LogP contribution in [-0.2, 0) is 6.54 Å². The zero-order valence-corrected chi connectivity index (χ0v) is 12.4. The molecule has 3 heteroatoms. The normalized spacial score (nSPS) is 19.7. The fourth-order valence-electron chi connectivity index (χ4n) is 2.83. The van der Waals surface area contributed by atoms with E-state index >= 15 is 0 Å². The highest BCUT2D eigenvalue weighted by Crippen LogP contribution is 2.24. The Kier molecular flexibility index (Phi) is 5.64. The summed E-state index contributed by atoms with van der Waals surface area (Å²) in [5.41, 5.74) is 1.28. The summed E-state index contributed by atoms with van der Waals surface area (Å²) in [6.45, 7) is 7.64. The van der Waals surface area contributed by atoms with Gasteiger partial charge in [0.15, 0.2) is 0 Å². The van der Waals surface area contributed by atoms with Crippen LogP contribution in [0.2, 0.25) is 0 Å². The highest BCUT2D eigenvalue weighted by atomic mass is 15.2. The smallest absolute Gasteiger partial charge is 0.128 e. The van der Waals surface area contributed by atoms with Gasteiger partial charge in [-0.2, -0.15) is 0 Å². The molecule has 0 spiro atoms. The summed E-state index contributed by atoms with van der Waals surface area (Å²) in [5.74, 6) is 1.16. The number of nitrogens with one attached hydrogen (secondary N) is 1. The molecule has 1 atom stereocenters. The first-order valence-electron chi connectivity index (χ1n) is 7.77. The van der Waals surface area contributed by atoms with Crippen molar-refractivity contribution >= 4 is 5.82 Å². The van der Waals surface area contributed by atoms with Crippen molar-refractivity contribution in [2.45, 2.75) is 58.5 Å². The second kappa shape index (κ2) is 7.49. The highest BCUT2D eigenvalue weighted by molar-refractivity contribution is 5.41. The zero-order chi connectivity index (χ0) is 13.5. The van der Waals surface area contributed by atoms with Crippen molar-refractivity contribution in [1.29, 1.82) is 0 Å². The van der Waals surface area contributed by atoms with E-state index in [-0.39, 0.29) is 0 Å². The number of hydrogen-bond donors (Lipinski definition) is 1. The van der Waals surface area contributed by atoms with Crippen LogP contribution < -0.4 is 10.2 Å². The van der Waals surface area contributed by atoms with Gasteiger partial charge >= 0.3 is 0 Å². The molecule has 1 aromatic heterocycles. The summed E-state index contributed by atoms with van der Waals surface area (Å²) in [7, 11) is 0. The van der Waals surface area contributed by atoms with Gasteiger partial charge in [-0.05, 0) is 50.3 Å². The minimum atomic E-state index is 0.685. The van der Waals surface area contributed by atoms with Crippen LogP contribution in [0, 0.1) is 0 Å². The topological polar surface area (TPSA) is 28.2 Å². The van der Waals surface area contributed by atoms with E-state index in [1.807, 2.05) is 6.20 Å². The molecule has 1 aliphatic heterocycles. The summed E-state index contributed by atoms with van der Waals surface area (Å²) < 4.78 is 0. The van der Waals surface area contributed by atoms with Crippen molar-refractivity contribution in [2.75, 3.05) is 18.0 Å². The first-order valence-corrected chi connectivity index (χ1v) is 7.77. The van der Waals surface area contributed by atoms with Gasteiger partial charge in [-0.1, -0.05) is 19.9 Å². The van der Waals surface area contributed by atoms with E-state index < -0.39 is 0 Å². The molecule has 2 rings (SSSR count). The molecule has 1 unspecified atom stereocenters. The van der Waals surface area contributed by atoms with Crippen molar-refractivity contribution in [3.05, 3.63) is 23.9 Å². The van der Waals surface area contributed by atoms with E-state index in [0.29, 0.717) is 6.04 Å². The summed E-state index contributed by atoms with van der Waals surface area (Å²) in [6, 6.07) is 5.09. The number of hydrogen-bond acceptors (Lipinski definition) is 3. The number of rotatable bonds is 6. The quantitative estimate of drug-likeness (QED) is 0.796. The van der Waals surface area contributed by atoms with Gasteiger partial charge in [0.25, 0.3) is 0 Å². The lowest BCUT2D eigenvalue weighted by Gasteiger charge is -2.36. The minimum Gasteiger partial charge on any atom is -0.354 e. The lowest BCUT2D eigenvalue weighted by atomic mass is 10.00. The molecule has 0 aromatic carbocycles. The Balaban J connectivity index is 1.96. The highest BCUT2D eigenvalue weighted by Gasteiger charge is 2.21. The molecule has 1 fully saturated rings. The molecule has 1 aromatic rings.